The number of likely N-dealkylation sites (tertiary alicyclic amines) is 1. The number of amides is 1. The molecule has 2 atom stereocenters. The smallest absolute Gasteiger partial charge is 0.234 e. The largest absolute Gasteiger partial charge is 0.497 e. The first-order valence-corrected chi connectivity index (χ1v) is 11.2. The number of nitrogens with one attached hydrogen (secondary N) is 1. The minimum Gasteiger partial charge on any atom is -0.497 e. The molecule has 0 spiro atoms. The van der Waals surface area contributed by atoms with Crippen molar-refractivity contribution in [3.63, 3.8) is 0 Å². The summed E-state index contributed by atoms with van der Waals surface area (Å²) < 4.78 is 22.4. The van der Waals surface area contributed by atoms with Gasteiger partial charge in [0.1, 0.15) is 11.5 Å². The topological polar surface area (TPSA) is 69.3 Å². The van der Waals surface area contributed by atoms with Crippen LogP contribution in [0, 0.1) is 0 Å². The van der Waals surface area contributed by atoms with Crippen LogP contribution in [-0.4, -0.2) is 51.3 Å². The van der Waals surface area contributed by atoms with Crippen LogP contribution in [0.1, 0.15) is 49.4 Å². The van der Waals surface area contributed by atoms with Gasteiger partial charge < -0.3 is 24.3 Å². The van der Waals surface area contributed by atoms with Crippen LogP contribution >= 0.6 is 0 Å². The van der Waals surface area contributed by atoms with Crippen molar-refractivity contribution in [3.05, 3.63) is 47.5 Å². The van der Waals surface area contributed by atoms with E-state index in [4.69, 9.17) is 18.9 Å². The third-order valence-electron chi connectivity index (χ3n) is 6.15. The Bertz CT molecular complexity index is 948. The molecule has 2 heterocycles. The van der Waals surface area contributed by atoms with Crippen molar-refractivity contribution in [1.29, 1.82) is 0 Å². The van der Waals surface area contributed by atoms with Gasteiger partial charge in [0.25, 0.3) is 0 Å². The maximum atomic E-state index is 12.9. The summed E-state index contributed by atoms with van der Waals surface area (Å²) in [5, 5.41) is 3.12. The van der Waals surface area contributed by atoms with Crippen molar-refractivity contribution < 1.29 is 23.7 Å². The second-order valence-electron chi connectivity index (χ2n) is 8.28. The normalized spacial score (nSPS) is 19.2. The minimum absolute atomic E-state index is 0.0105. The van der Waals surface area contributed by atoms with Gasteiger partial charge in [-0.25, -0.2) is 0 Å². The van der Waals surface area contributed by atoms with Crippen molar-refractivity contribution in [1.82, 2.24) is 10.2 Å². The van der Waals surface area contributed by atoms with E-state index >= 15 is 0 Å². The Morgan fingerprint density at radius 1 is 1.09 bits per heavy atom. The molecule has 32 heavy (non-hydrogen) atoms. The van der Waals surface area contributed by atoms with Crippen LogP contribution in [0.3, 0.4) is 0 Å². The summed E-state index contributed by atoms with van der Waals surface area (Å²) in [5.74, 6) is 3.05. The first kappa shape index (κ1) is 22.3. The molecule has 2 aromatic carbocycles. The lowest BCUT2D eigenvalue weighted by Gasteiger charge is -2.26. The molecule has 0 radical (unpaired) electrons. The molecule has 0 bridgehead atoms. The molecule has 0 aromatic heterocycles. The SMILES string of the molecule is COc1ccc(OC)c([C@H](C)NC(=O)CN2CCC[C@@H]2c2ccc3c(c2)OCCCO3)c1. The highest BCUT2D eigenvalue weighted by Gasteiger charge is 2.29. The van der Waals surface area contributed by atoms with E-state index in [1.54, 1.807) is 14.2 Å². The van der Waals surface area contributed by atoms with Gasteiger partial charge in [-0.2, -0.15) is 0 Å². The number of benzene rings is 2. The fourth-order valence-corrected chi connectivity index (χ4v) is 4.51. The van der Waals surface area contributed by atoms with Gasteiger partial charge in [-0.05, 0) is 62.2 Å². The monoisotopic (exact) mass is 440 g/mol. The lowest BCUT2D eigenvalue weighted by Crippen LogP contribution is -2.38. The molecule has 2 aromatic rings. The second-order valence-corrected chi connectivity index (χ2v) is 8.28. The summed E-state index contributed by atoms with van der Waals surface area (Å²) >= 11 is 0. The quantitative estimate of drug-likeness (QED) is 0.705. The van der Waals surface area contributed by atoms with E-state index in [-0.39, 0.29) is 18.0 Å². The molecule has 1 amide bonds. The minimum atomic E-state index is -0.202. The van der Waals surface area contributed by atoms with E-state index in [2.05, 4.69) is 22.3 Å². The molecular formula is C25H32N2O5. The summed E-state index contributed by atoms with van der Waals surface area (Å²) in [6, 6.07) is 11.8. The lowest BCUT2D eigenvalue weighted by atomic mass is 10.0. The van der Waals surface area contributed by atoms with Crippen molar-refractivity contribution in [3.8, 4) is 23.0 Å². The van der Waals surface area contributed by atoms with Crippen molar-refractivity contribution >= 4 is 5.91 Å². The Morgan fingerprint density at radius 3 is 2.69 bits per heavy atom. The standard InChI is InChI=1S/C25H32N2O5/c1-17(20-15-19(29-2)8-10-22(20)30-3)26-25(28)16-27-11-4-6-21(27)18-7-9-23-24(14-18)32-13-5-12-31-23/h7-10,14-15,17,21H,4-6,11-13,16H2,1-3H3,(H,26,28)/t17-,21+/m0/s1. The fraction of sp³-hybridized carbons (Fsp3) is 0.480. The highest BCUT2D eigenvalue weighted by atomic mass is 16.5. The van der Waals surface area contributed by atoms with Crippen LogP contribution in [-0.2, 0) is 4.79 Å². The highest BCUT2D eigenvalue weighted by molar-refractivity contribution is 5.78. The second kappa shape index (κ2) is 10.1. The molecule has 2 aliphatic heterocycles. The van der Waals surface area contributed by atoms with Crippen LogP contribution in [0.2, 0.25) is 0 Å². The fourth-order valence-electron chi connectivity index (χ4n) is 4.51. The van der Waals surface area contributed by atoms with Crippen LogP contribution in [0.4, 0.5) is 0 Å². The Kier molecular flexibility index (Phi) is 7.05. The number of rotatable bonds is 7. The molecule has 1 fully saturated rings. The summed E-state index contributed by atoms with van der Waals surface area (Å²) in [6.45, 7) is 4.54. The number of fused-ring (bicyclic) bond motifs is 1. The maximum Gasteiger partial charge on any atom is 0.234 e. The number of hydrogen-bond donors (Lipinski definition) is 1. The van der Waals surface area contributed by atoms with Crippen molar-refractivity contribution in [2.75, 3.05) is 40.5 Å². The van der Waals surface area contributed by atoms with E-state index < -0.39 is 0 Å². The third-order valence-corrected chi connectivity index (χ3v) is 6.15. The van der Waals surface area contributed by atoms with Gasteiger partial charge in [0, 0.05) is 18.0 Å². The van der Waals surface area contributed by atoms with Crippen LogP contribution in [0.25, 0.3) is 0 Å². The zero-order chi connectivity index (χ0) is 22.5. The van der Waals surface area contributed by atoms with Gasteiger partial charge in [0.2, 0.25) is 5.91 Å². The van der Waals surface area contributed by atoms with Crippen LogP contribution in [0.5, 0.6) is 23.0 Å². The van der Waals surface area contributed by atoms with Gasteiger partial charge >= 0.3 is 0 Å². The zero-order valence-electron chi connectivity index (χ0n) is 19.1. The summed E-state index contributed by atoms with van der Waals surface area (Å²) in [6.07, 6.45) is 2.97. The highest BCUT2D eigenvalue weighted by Crippen LogP contribution is 2.38. The lowest BCUT2D eigenvalue weighted by molar-refractivity contribution is -0.123. The molecule has 0 aliphatic carbocycles. The number of nitrogens with zero attached hydrogens (tertiary/aromatic N) is 1. The molecule has 1 saturated heterocycles. The number of hydrogen-bond acceptors (Lipinski definition) is 6. The molecule has 7 heteroatoms. The molecule has 7 nitrogen and oxygen atoms in total. The van der Waals surface area contributed by atoms with Crippen LogP contribution < -0.4 is 24.3 Å². The molecule has 172 valence electrons. The molecule has 2 aliphatic rings. The third kappa shape index (κ3) is 4.93. The number of carbonyl (C=O) groups excluding carboxylic acids is 1. The Labute approximate surface area is 189 Å². The number of methoxy groups -OCH3 is 2. The Morgan fingerprint density at radius 2 is 1.91 bits per heavy atom. The van der Waals surface area contributed by atoms with Crippen molar-refractivity contribution in [2.45, 2.75) is 38.3 Å². The van der Waals surface area contributed by atoms with E-state index in [0.717, 1.165) is 54.4 Å². The molecule has 4 rings (SSSR count). The van der Waals surface area contributed by atoms with E-state index in [1.807, 2.05) is 31.2 Å². The van der Waals surface area contributed by atoms with E-state index in [0.29, 0.717) is 19.8 Å². The first-order chi connectivity index (χ1) is 15.6. The van der Waals surface area contributed by atoms with Gasteiger partial charge in [0.15, 0.2) is 11.5 Å². The number of ether oxygens (including phenoxy) is 4. The Balaban J connectivity index is 1.42. The predicted octanol–water partition coefficient (Wildman–Crippen LogP) is 3.88. The summed E-state index contributed by atoms with van der Waals surface area (Å²) in [5.41, 5.74) is 2.06. The summed E-state index contributed by atoms with van der Waals surface area (Å²) in [4.78, 5) is 15.2. The van der Waals surface area contributed by atoms with Crippen LogP contribution in [0.15, 0.2) is 36.4 Å². The van der Waals surface area contributed by atoms with Crippen molar-refractivity contribution in [2.24, 2.45) is 0 Å². The molecular weight excluding hydrogens is 408 g/mol. The van der Waals surface area contributed by atoms with Gasteiger partial charge in [-0.3, -0.25) is 9.69 Å². The predicted molar refractivity (Wildman–Crippen MR) is 122 cm³/mol. The zero-order valence-corrected chi connectivity index (χ0v) is 19.1. The first-order valence-electron chi connectivity index (χ1n) is 11.2. The molecule has 0 saturated carbocycles. The van der Waals surface area contributed by atoms with Gasteiger partial charge in [-0.1, -0.05) is 6.07 Å². The van der Waals surface area contributed by atoms with Gasteiger partial charge in [-0.15, -0.1) is 0 Å². The van der Waals surface area contributed by atoms with E-state index in [1.165, 1.54) is 5.56 Å². The average Bonchev–Trinajstić information content (AvgIpc) is 3.13. The van der Waals surface area contributed by atoms with Gasteiger partial charge in [0.05, 0.1) is 40.0 Å². The maximum absolute atomic E-state index is 12.9. The molecule has 1 N–H and O–H groups in total. The summed E-state index contributed by atoms with van der Waals surface area (Å²) in [7, 11) is 3.26. The van der Waals surface area contributed by atoms with E-state index in [9.17, 15) is 4.79 Å². The molecule has 0 unspecified atom stereocenters. The number of carbonyl (C=O) groups is 1. The average molecular weight is 441 g/mol. The Hall–Kier alpha value is -2.93.